The van der Waals surface area contributed by atoms with Gasteiger partial charge in [-0.3, -0.25) is 4.90 Å². The Kier molecular flexibility index (Phi) is 7.59. The summed E-state index contributed by atoms with van der Waals surface area (Å²) in [6, 6.07) is 3.77. The zero-order valence-corrected chi connectivity index (χ0v) is 15.1. The van der Waals surface area contributed by atoms with Crippen LogP contribution in [0.5, 0.6) is 5.75 Å². The van der Waals surface area contributed by atoms with Gasteiger partial charge in [0.1, 0.15) is 18.0 Å². The van der Waals surface area contributed by atoms with E-state index in [-0.39, 0.29) is 19.0 Å². The molecular weight excluding hydrogens is 328 g/mol. The van der Waals surface area contributed by atoms with Gasteiger partial charge < -0.3 is 14.6 Å². The van der Waals surface area contributed by atoms with Crippen LogP contribution in [0.1, 0.15) is 39.5 Å². The molecule has 1 saturated heterocycles. The lowest BCUT2D eigenvalue weighted by molar-refractivity contribution is -0.0677. The monoisotopic (exact) mass is 357 g/mol. The van der Waals surface area contributed by atoms with E-state index in [2.05, 4.69) is 18.7 Å². The normalized spacial score (nSPS) is 22.2. The number of nitrogens with zero attached hydrogens (tertiary/aromatic N) is 1. The van der Waals surface area contributed by atoms with Crippen LogP contribution in [0.3, 0.4) is 0 Å². The number of hydrogen-bond acceptors (Lipinski definition) is 4. The van der Waals surface area contributed by atoms with Gasteiger partial charge in [0.2, 0.25) is 0 Å². The second-order valence-corrected chi connectivity index (χ2v) is 6.84. The van der Waals surface area contributed by atoms with Crippen molar-refractivity contribution in [1.82, 2.24) is 4.90 Å². The summed E-state index contributed by atoms with van der Waals surface area (Å²) in [5, 5.41) is 10.9. The van der Waals surface area contributed by atoms with E-state index in [1.807, 2.05) is 0 Å². The molecule has 2 rings (SSSR count). The summed E-state index contributed by atoms with van der Waals surface area (Å²) in [6.07, 6.45) is 4.33. The second-order valence-electron chi connectivity index (χ2n) is 6.84. The van der Waals surface area contributed by atoms with Crippen molar-refractivity contribution in [2.75, 3.05) is 32.9 Å². The highest BCUT2D eigenvalue weighted by Crippen LogP contribution is 2.22. The van der Waals surface area contributed by atoms with Gasteiger partial charge in [0, 0.05) is 25.2 Å². The van der Waals surface area contributed by atoms with Gasteiger partial charge >= 0.3 is 0 Å². The van der Waals surface area contributed by atoms with Crippen molar-refractivity contribution in [1.29, 1.82) is 0 Å². The van der Waals surface area contributed by atoms with E-state index in [1.165, 1.54) is 6.07 Å². The largest absolute Gasteiger partial charge is 0.490 e. The maximum absolute atomic E-state index is 13.3. The number of rotatable bonds is 8. The summed E-state index contributed by atoms with van der Waals surface area (Å²) in [5.74, 6) is -1.69. The topological polar surface area (TPSA) is 41.9 Å². The van der Waals surface area contributed by atoms with Crippen LogP contribution in [-0.2, 0) is 4.74 Å². The molecule has 142 valence electrons. The van der Waals surface area contributed by atoms with Gasteiger partial charge in [-0.05, 0) is 25.0 Å². The third-order valence-corrected chi connectivity index (χ3v) is 4.55. The number of ether oxygens (including phenoxy) is 2. The zero-order valence-electron chi connectivity index (χ0n) is 15.1. The molecule has 1 atom stereocenters. The van der Waals surface area contributed by atoms with Crippen LogP contribution in [0, 0.1) is 11.6 Å². The lowest BCUT2D eigenvalue weighted by atomic mass is 10.0. The first-order valence-corrected chi connectivity index (χ1v) is 9.09. The van der Waals surface area contributed by atoms with E-state index < -0.39 is 17.2 Å². The highest BCUT2D eigenvalue weighted by atomic mass is 19.2. The third kappa shape index (κ3) is 5.90. The molecule has 0 amide bonds. The number of aliphatic hydroxyl groups is 1. The van der Waals surface area contributed by atoms with Crippen LogP contribution in [0.2, 0.25) is 0 Å². The molecule has 0 unspecified atom stereocenters. The van der Waals surface area contributed by atoms with Crippen molar-refractivity contribution >= 4 is 0 Å². The summed E-state index contributed by atoms with van der Waals surface area (Å²) in [5.41, 5.74) is -1.18. The Labute approximate surface area is 148 Å². The molecule has 0 spiro atoms. The van der Waals surface area contributed by atoms with Gasteiger partial charge in [0.05, 0.1) is 13.2 Å². The van der Waals surface area contributed by atoms with E-state index in [4.69, 9.17) is 9.47 Å². The van der Waals surface area contributed by atoms with Crippen molar-refractivity contribution in [2.24, 2.45) is 0 Å². The summed E-state index contributed by atoms with van der Waals surface area (Å²) in [6.45, 7) is 6.25. The molecule has 1 aliphatic heterocycles. The van der Waals surface area contributed by atoms with Crippen molar-refractivity contribution in [3.05, 3.63) is 29.8 Å². The van der Waals surface area contributed by atoms with E-state index >= 15 is 0 Å². The Morgan fingerprint density at radius 3 is 2.60 bits per heavy atom. The Balaban J connectivity index is 2.02. The SMILES string of the molecule is CCCC(CCC)N1CCOC[C@@](O)(COc2ccc(F)c(F)c2)C1. The molecule has 0 aliphatic carbocycles. The molecule has 1 fully saturated rings. The lowest BCUT2D eigenvalue weighted by Gasteiger charge is -2.35. The van der Waals surface area contributed by atoms with Crippen LogP contribution < -0.4 is 4.74 Å². The quantitative estimate of drug-likeness (QED) is 0.775. The molecule has 1 aromatic carbocycles. The number of hydrogen-bond donors (Lipinski definition) is 1. The first-order valence-electron chi connectivity index (χ1n) is 9.09. The summed E-state index contributed by atoms with van der Waals surface area (Å²) in [4.78, 5) is 2.27. The summed E-state index contributed by atoms with van der Waals surface area (Å²) in [7, 11) is 0. The molecule has 0 radical (unpaired) electrons. The standard InChI is InChI=1S/C19H29F2NO3/c1-3-5-15(6-4-2)22-9-10-24-13-19(23,12-22)14-25-16-7-8-17(20)18(21)11-16/h7-8,11,15,23H,3-6,9-10,12-14H2,1-2H3/t19-/m1/s1. The average molecular weight is 357 g/mol. The maximum atomic E-state index is 13.3. The van der Waals surface area contributed by atoms with Crippen LogP contribution in [0.4, 0.5) is 8.78 Å². The van der Waals surface area contributed by atoms with Gasteiger partial charge in [-0.25, -0.2) is 8.78 Å². The smallest absolute Gasteiger partial charge is 0.162 e. The molecule has 0 aromatic heterocycles. The van der Waals surface area contributed by atoms with Gasteiger partial charge in [-0.15, -0.1) is 0 Å². The van der Waals surface area contributed by atoms with E-state index in [1.54, 1.807) is 0 Å². The molecule has 0 saturated carbocycles. The Hall–Kier alpha value is -1.24. The Bertz CT molecular complexity index is 537. The summed E-state index contributed by atoms with van der Waals surface area (Å²) >= 11 is 0. The van der Waals surface area contributed by atoms with E-state index in [0.717, 1.165) is 44.4 Å². The fourth-order valence-corrected chi connectivity index (χ4v) is 3.31. The van der Waals surface area contributed by atoms with Crippen LogP contribution in [-0.4, -0.2) is 54.6 Å². The zero-order chi connectivity index (χ0) is 18.3. The molecule has 0 bridgehead atoms. The molecule has 6 heteroatoms. The van der Waals surface area contributed by atoms with Gasteiger partial charge in [0.25, 0.3) is 0 Å². The van der Waals surface area contributed by atoms with Crippen LogP contribution in [0.25, 0.3) is 0 Å². The maximum Gasteiger partial charge on any atom is 0.162 e. The number of halogens is 2. The van der Waals surface area contributed by atoms with Crippen molar-refractivity contribution < 1.29 is 23.4 Å². The molecular formula is C19H29F2NO3. The predicted molar refractivity (Wildman–Crippen MR) is 92.8 cm³/mol. The molecule has 1 aromatic rings. The molecule has 1 heterocycles. The molecule has 1 aliphatic rings. The minimum atomic E-state index is -1.18. The van der Waals surface area contributed by atoms with Crippen LogP contribution >= 0.6 is 0 Å². The first kappa shape index (κ1) is 20.1. The Morgan fingerprint density at radius 1 is 1.24 bits per heavy atom. The Morgan fingerprint density at radius 2 is 1.96 bits per heavy atom. The van der Waals surface area contributed by atoms with Crippen molar-refractivity contribution in [2.45, 2.75) is 51.2 Å². The molecule has 1 N–H and O–H groups in total. The molecule has 4 nitrogen and oxygen atoms in total. The number of β-amino-alcohol motifs (C(OH)–C–C–N with tert-alkyl or cyclic N) is 1. The minimum absolute atomic E-state index is 0.0282. The van der Waals surface area contributed by atoms with Crippen LogP contribution in [0.15, 0.2) is 18.2 Å². The average Bonchev–Trinajstić information content (AvgIpc) is 2.78. The highest BCUT2D eigenvalue weighted by molar-refractivity contribution is 5.23. The minimum Gasteiger partial charge on any atom is -0.490 e. The summed E-state index contributed by atoms with van der Waals surface area (Å²) < 4.78 is 37.4. The fourth-order valence-electron chi connectivity index (χ4n) is 3.31. The van der Waals surface area contributed by atoms with Gasteiger partial charge in [-0.2, -0.15) is 0 Å². The lowest BCUT2D eigenvalue weighted by Crippen LogP contribution is -2.51. The van der Waals surface area contributed by atoms with Gasteiger partial charge in [-0.1, -0.05) is 26.7 Å². The van der Waals surface area contributed by atoms with Gasteiger partial charge in [0.15, 0.2) is 11.6 Å². The van der Waals surface area contributed by atoms with E-state index in [0.29, 0.717) is 19.2 Å². The van der Waals surface area contributed by atoms with Crippen molar-refractivity contribution in [3.8, 4) is 5.75 Å². The fraction of sp³-hybridized carbons (Fsp3) is 0.684. The van der Waals surface area contributed by atoms with Crippen molar-refractivity contribution in [3.63, 3.8) is 0 Å². The highest BCUT2D eigenvalue weighted by Gasteiger charge is 2.35. The second kappa shape index (κ2) is 9.46. The number of benzene rings is 1. The third-order valence-electron chi connectivity index (χ3n) is 4.55. The predicted octanol–water partition coefficient (Wildman–Crippen LogP) is 3.38. The van der Waals surface area contributed by atoms with E-state index in [9.17, 15) is 13.9 Å². The first-order chi connectivity index (χ1) is 12.0. The molecule has 25 heavy (non-hydrogen) atoms.